The quantitative estimate of drug-likeness (QED) is 0.837. The van der Waals surface area contributed by atoms with Crippen molar-refractivity contribution in [3.8, 4) is 0 Å². The Kier molecular flexibility index (Phi) is 4.88. The lowest BCUT2D eigenvalue weighted by molar-refractivity contribution is 0.170. The van der Waals surface area contributed by atoms with Crippen molar-refractivity contribution in [1.82, 2.24) is 20.2 Å². The molecule has 4 heteroatoms. The number of hydrogen-bond acceptors (Lipinski definition) is 4. The van der Waals surface area contributed by atoms with E-state index < -0.39 is 0 Å². The molecule has 94 valence electrons. The van der Waals surface area contributed by atoms with Crippen LogP contribution in [0.4, 0.5) is 0 Å². The van der Waals surface area contributed by atoms with Crippen molar-refractivity contribution in [1.29, 1.82) is 0 Å². The van der Waals surface area contributed by atoms with Gasteiger partial charge in [-0.1, -0.05) is 6.42 Å². The molecule has 0 aliphatic carbocycles. The number of hydrogen-bond donors (Lipinski definition) is 1. The molecule has 0 spiro atoms. The first kappa shape index (κ1) is 12.5. The van der Waals surface area contributed by atoms with Gasteiger partial charge < -0.3 is 5.32 Å². The van der Waals surface area contributed by atoms with Gasteiger partial charge in [-0.25, -0.2) is 9.97 Å². The van der Waals surface area contributed by atoms with Crippen molar-refractivity contribution in [3.05, 3.63) is 24.3 Å². The molecule has 1 aliphatic heterocycles. The van der Waals surface area contributed by atoms with Crippen LogP contribution in [0.2, 0.25) is 0 Å². The maximum absolute atomic E-state index is 4.01. The summed E-state index contributed by atoms with van der Waals surface area (Å²) < 4.78 is 0. The van der Waals surface area contributed by atoms with E-state index in [1.807, 2.05) is 12.4 Å². The van der Waals surface area contributed by atoms with Gasteiger partial charge in [-0.05, 0) is 32.9 Å². The summed E-state index contributed by atoms with van der Waals surface area (Å²) in [6.07, 6.45) is 9.42. The fourth-order valence-electron chi connectivity index (χ4n) is 2.33. The molecule has 2 rings (SSSR count). The second-order valence-corrected chi connectivity index (χ2v) is 4.82. The van der Waals surface area contributed by atoms with E-state index in [-0.39, 0.29) is 0 Å². The summed E-state index contributed by atoms with van der Waals surface area (Å²) in [4.78, 5) is 10.6. The molecule has 4 nitrogen and oxygen atoms in total. The van der Waals surface area contributed by atoms with Crippen molar-refractivity contribution in [3.63, 3.8) is 0 Å². The minimum Gasteiger partial charge on any atom is -0.311 e. The van der Waals surface area contributed by atoms with Crippen LogP contribution in [0.25, 0.3) is 0 Å². The number of likely N-dealkylation sites (tertiary alicyclic amines) is 1. The number of rotatable bonds is 5. The van der Waals surface area contributed by atoms with Crippen molar-refractivity contribution < 1.29 is 0 Å². The van der Waals surface area contributed by atoms with Gasteiger partial charge in [0.2, 0.25) is 0 Å². The molecular formula is C13H22N4. The highest BCUT2D eigenvalue weighted by Crippen LogP contribution is 2.11. The minimum atomic E-state index is 0.625. The summed E-state index contributed by atoms with van der Waals surface area (Å²) in [5, 5.41) is 3.48. The Morgan fingerprint density at radius 1 is 1.24 bits per heavy atom. The number of aromatic nitrogens is 2. The maximum Gasteiger partial charge on any atom is 0.115 e. The Balaban J connectivity index is 1.67. The number of nitrogens with zero attached hydrogens (tertiary/aromatic N) is 3. The first-order chi connectivity index (χ1) is 8.36. The second-order valence-electron chi connectivity index (χ2n) is 4.82. The highest BCUT2D eigenvalue weighted by Gasteiger charge is 2.15. The zero-order valence-electron chi connectivity index (χ0n) is 10.6. The van der Waals surface area contributed by atoms with E-state index in [1.54, 1.807) is 6.33 Å². The predicted molar refractivity (Wildman–Crippen MR) is 68.6 cm³/mol. The molecule has 2 heterocycles. The molecule has 1 aromatic rings. The van der Waals surface area contributed by atoms with Crippen LogP contribution >= 0.6 is 0 Å². The Labute approximate surface area is 103 Å². The van der Waals surface area contributed by atoms with Crippen LogP contribution in [0.3, 0.4) is 0 Å². The first-order valence-electron chi connectivity index (χ1n) is 6.55. The summed E-state index contributed by atoms with van der Waals surface area (Å²) in [5.41, 5.74) is 1.15. The Hall–Kier alpha value is -1.00. The molecule has 0 amide bonds. The van der Waals surface area contributed by atoms with Gasteiger partial charge in [0.25, 0.3) is 0 Å². The highest BCUT2D eigenvalue weighted by molar-refractivity contribution is 5.01. The highest BCUT2D eigenvalue weighted by atomic mass is 15.2. The monoisotopic (exact) mass is 234 g/mol. The van der Waals surface area contributed by atoms with Gasteiger partial charge in [-0.15, -0.1) is 0 Å². The summed E-state index contributed by atoms with van der Waals surface area (Å²) in [7, 11) is 0. The van der Waals surface area contributed by atoms with Gasteiger partial charge in [0.05, 0.1) is 0 Å². The molecule has 1 aliphatic rings. The lowest BCUT2D eigenvalue weighted by atomic mass is 10.1. The van der Waals surface area contributed by atoms with Crippen molar-refractivity contribution in [2.75, 3.05) is 19.6 Å². The zero-order chi connectivity index (χ0) is 11.9. The molecule has 17 heavy (non-hydrogen) atoms. The van der Waals surface area contributed by atoms with Crippen LogP contribution < -0.4 is 5.32 Å². The fraction of sp³-hybridized carbons (Fsp3) is 0.692. The van der Waals surface area contributed by atoms with Crippen LogP contribution in [-0.4, -0.2) is 40.5 Å². The van der Waals surface area contributed by atoms with Crippen LogP contribution in [0, 0.1) is 0 Å². The Morgan fingerprint density at radius 3 is 2.65 bits per heavy atom. The molecule has 0 saturated carbocycles. The van der Waals surface area contributed by atoms with E-state index in [9.17, 15) is 0 Å². The molecule has 1 unspecified atom stereocenters. The third-order valence-electron chi connectivity index (χ3n) is 3.40. The molecule has 0 bridgehead atoms. The molecule has 1 saturated heterocycles. The van der Waals surface area contributed by atoms with Gasteiger partial charge in [0.15, 0.2) is 0 Å². The van der Waals surface area contributed by atoms with Crippen molar-refractivity contribution in [2.24, 2.45) is 0 Å². The van der Waals surface area contributed by atoms with Gasteiger partial charge in [0, 0.05) is 37.1 Å². The van der Waals surface area contributed by atoms with Crippen molar-refractivity contribution >= 4 is 0 Å². The summed E-state index contributed by atoms with van der Waals surface area (Å²) in [6, 6.07) is 0.625. The topological polar surface area (TPSA) is 41.1 Å². The van der Waals surface area contributed by atoms with Crippen molar-refractivity contribution in [2.45, 2.75) is 38.8 Å². The third-order valence-corrected chi connectivity index (χ3v) is 3.40. The molecule has 1 fully saturated rings. The maximum atomic E-state index is 4.01. The number of nitrogens with one attached hydrogen (secondary N) is 1. The lowest BCUT2D eigenvalue weighted by Crippen LogP contribution is -2.42. The van der Waals surface area contributed by atoms with Crippen LogP contribution in [-0.2, 0) is 6.54 Å². The summed E-state index contributed by atoms with van der Waals surface area (Å²) >= 11 is 0. The standard InChI is InChI=1S/C13H22N4/c1-12(17-5-3-2-4-6-17)7-14-8-13-9-15-11-16-10-13/h9-12,14H,2-8H2,1H3. The van der Waals surface area contributed by atoms with E-state index >= 15 is 0 Å². The fourth-order valence-corrected chi connectivity index (χ4v) is 2.33. The average Bonchev–Trinajstić information content (AvgIpc) is 2.41. The largest absolute Gasteiger partial charge is 0.311 e. The van der Waals surface area contributed by atoms with E-state index in [0.717, 1.165) is 18.7 Å². The van der Waals surface area contributed by atoms with E-state index in [2.05, 4.69) is 27.1 Å². The lowest BCUT2D eigenvalue weighted by Gasteiger charge is -2.32. The normalized spacial score (nSPS) is 19.1. The summed E-state index contributed by atoms with van der Waals surface area (Å²) in [5.74, 6) is 0. The summed E-state index contributed by atoms with van der Waals surface area (Å²) in [6.45, 7) is 6.72. The Morgan fingerprint density at radius 2 is 1.94 bits per heavy atom. The second kappa shape index (κ2) is 6.67. The molecule has 1 atom stereocenters. The van der Waals surface area contributed by atoms with Crippen LogP contribution in [0.15, 0.2) is 18.7 Å². The molecule has 0 radical (unpaired) electrons. The van der Waals surface area contributed by atoms with Crippen LogP contribution in [0.1, 0.15) is 31.7 Å². The molecule has 0 aromatic carbocycles. The van der Waals surface area contributed by atoms with Crippen LogP contribution in [0.5, 0.6) is 0 Å². The molecular weight excluding hydrogens is 212 g/mol. The molecule has 1 aromatic heterocycles. The number of piperidine rings is 1. The average molecular weight is 234 g/mol. The van der Waals surface area contributed by atoms with Gasteiger partial charge in [0.1, 0.15) is 6.33 Å². The van der Waals surface area contributed by atoms with E-state index in [0.29, 0.717) is 6.04 Å². The smallest absolute Gasteiger partial charge is 0.115 e. The first-order valence-corrected chi connectivity index (χ1v) is 6.55. The van der Waals surface area contributed by atoms with Gasteiger partial charge >= 0.3 is 0 Å². The van der Waals surface area contributed by atoms with E-state index in [4.69, 9.17) is 0 Å². The Bertz CT molecular complexity index is 308. The predicted octanol–water partition coefficient (Wildman–Crippen LogP) is 1.44. The SMILES string of the molecule is CC(CNCc1cncnc1)N1CCCCC1. The van der Waals surface area contributed by atoms with Gasteiger partial charge in [-0.2, -0.15) is 0 Å². The minimum absolute atomic E-state index is 0.625. The van der Waals surface area contributed by atoms with Gasteiger partial charge in [-0.3, -0.25) is 4.90 Å². The van der Waals surface area contributed by atoms with E-state index in [1.165, 1.54) is 32.4 Å². The molecule has 1 N–H and O–H groups in total. The third kappa shape index (κ3) is 4.06. The zero-order valence-corrected chi connectivity index (χ0v) is 10.6.